The predicted octanol–water partition coefficient (Wildman–Crippen LogP) is 6.14. The van der Waals surface area contributed by atoms with Gasteiger partial charge in [0.05, 0.1) is 28.1 Å². The predicted molar refractivity (Wildman–Crippen MR) is 133 cm³/mol. The fourth-order valence-electron chi connectivity index (χ4n) is 3.93. The number of benzene rings is 2. The van der Waals surface area contributed by atoms with E-state index in [4.69, 9.17) is 9.47 Å². The van der Waals surface area contributed by atoms with E-state index in [1.807, 2.05) is 51.1 Å². The van der Waals surface area contributed by atoms with Crippen molar-refractivity contribution < 1.29 is 19.1 Å². The van der Waals surface area contributed by atoms with Crippen molar-refractivity contribution in [3.05, 3.63) is 89.9 Å². The Kier molecular flexibility index (Phi) is 6.05. The van der Waals surface area contributed by atoms with Gasteiger partial charge in [-0.25, -0.2) is 4.98 Å². The highest BCUT2D eigenvalue weighted by atomic mass is 32.1. The number of hydrogen-bond acceptors (Lipinski definition) is 7. The van der Waals surface area contributed by atoms with Gasteiger partial charge in [0.1, 0.15) is 11.5 Å². The first-order chi connectivity index (χ1) is 16.9. The minimum Gasteiger partial charge on any atom is -0.491 e. The summed E-state index contributed by atoms with van der Waals surface area (Å²) in [7, 11) is 0. The Bertz CT molecular complexity index is 1360. The fourth-order valence-corrected chi connectivity index (χ4v) is 4.69. The lowest BCUT2D eigenvalue weighted by atomic mass is 10.1. The van der Waals surface area contributed by atoms with Crippen LogP contribution in [0.1, 0.15) is 53.1 Å². The number of amides is 2. The first-order valence-corrected chi connectivity index (χ1v) is 12.0. The Labute approximate surface area is 207 Å². The summed E-state index contributed by atoms with van der Waals surface area (Å²) in [6.07, 6.45) is 5.24. The highest BCUT2D eigenvalue weighted by Gasteiger charge is 2.38. The number of ether oxygens (including phenoxy) is 2. The van der Waals surface area contributed by atoms with Crippen LogP contribution in [0.3, 0.4) is 0 Å². The van der Waals surface area contributed by atoms with Crippen LogP contribution in [0.25, 0.3) is 10.4 Å². The van der Waals surface area contributed by atoms with Crippen molar-refractivity contribution in [2.24, 2.45) is 0 Å². The van der Waals surface area contributed by atoms with E-state index in [1.54, 1.807) is 42.9 Å². The minimum absolute atomic E-state index is 0.104. The number of rotatable bonds is 7. The topological polar surface area (TPSA) is 81.6 Å². The maximum absolute atomic E-state index is 12.9. The van der Waals surface area contributed by atoms with Crippen LogP contribution in [0, 0.1) is 0 Å². The number of imide groups is 1. The summed E-state index contributed by atoms with van der Waals surface area (Å²) in [4.78, 5) is 36.6. The average molecular weight is 486 g/mol. The number of hydrogen-bond donors (Lipinski definition) is 0. The van der Waals surface area contributed by atoms with Crippen molar-refractivity contribution >= 4 is 23.2 Å². The lowest BCUT2D eigenvalue weighted by Gasteiger charge is -2.22. The zero-order valence-electron chi connectivity index (χ0n) is 19.5. The lowest BCUT2D eigenvalue weighted by molar-refractivity contribution is 0.0595. The number of carbonyl (C=O) groups is 2. The average Bonchev–Trinajstić information content (AvgIpc) is 3.42. The summed E-state index contributed by atoms with van der Waals surface area (Å²) in [5.74, 6) is 0.860. The molecular formula is C27H23N3O4S. The molecule has 176 valence electrons. The summed E-state index contributed by atoms with van der Waals surface area (Å²) in [5.41, 5.74) is 2.45. The normalized spacial score (nSPS) is 13.8. The first-order valence-electron chi connectivity index (χ1n) is 11.2. The number of carbonyl (C=O) groups excluding carboxylic acids is 2. The van der Waals surface area contributed by atoms with E-state index in [1.165, 1.54) is 16.2 Å². The van der Waals surface area contributed by atoms with Crippen LogP contribution < -0.4 is 9.47 Å². The molecule has 1 unspecified atom stereocenters. The van der Waals surface area contributed by atoms with Crippen LogP contribution >= 0.6 is 11.3 Å². The van der Waals surface area contributed by atoms with Gasteiger partial charge in [0.15, 0.2) is 0 Å². The first kappa shape index (κ1) is 22.7. The van der Waals surface area contributed by atoms with Crippen molar-refractivity contribution in [1.29, 1.82) is 0 Å². The standard InChI is InChI=1S/C27H23N3O4S/c1-16(2)33-20-8-10-21(11-9-20)34-27-29-15-24(35-27)19-12-18(13-28-14-19)17(3)30-25(31)22-6-4-5-7-23(22)26(30)32/h4-17H,1-3H3. The third-order valence-corrected chi connectivity index (χ3v) is 6.55. The lowest BCUT2D eigenvalue weighted by Crippen LogP contribution is -2.32. The van der Waals surface area contributed by atoms with Crippen LogP contribution in [0.2, 0.25) is 0 Å². The van der Waals surface area contributed by atoms with Gasteiger partial charge in [-0.3, -0.25) is 19.5 Å². The molecule has 0 spiro atoms. The smallest absolute Gasteiger partial charge is 0.279 e. The Morgan fingerprint density at radius 1 is 0.857 bits per heavy atom. The summed E-state index contributed by atoms with van der Waals surface area (Å²) in [5, 5.41) is 0.497. The molecule has 0 aliphatic carbocycles. The number of thiazole rings is 1. The molecule has 0 radical (unpaired) electrons. The SMILES string of the molecule is CC(C)Oc1ccc(Oc2ncc(-c3cncc(C(C)N4C(=O)c5ccccc5C4=O)c3)s2)cc1. The van der Waals surface area contributed by atoms with E-state index >= 15 is 0 Å². The molecule has 4 aromatic rings. The van der Waals surface area contributed by atoms with Gasteiger partial charge in [0.25, 0.3) is 17.0 Å². The number of aromatic nitrogens is 2. The Morgan fingerprint density at radius 3 is 2.17 bits per heavy atom. The Balaban J connectivity index is 1.33. The van der Waals surface area contributed by atoms with Crippen molar-refractivity contribution in [3.63, 3.8) is 0 Å². The zero-order valence-corrected chi connectivity index (χ0v) is 20.3. The second kappa shape index (κ2) is 9.31. The summed E-state index contributed by atoms with van der Waals surface area (Å²) in [6, 6.07) is 15.7. The highest BCUT2D eigenvalue weighted by molar-refractivity contribution is 7.16. The molecule has 2 amide bonds. The zero-order chi connectivity index (χ0) is 24.5. The monoisotopic (exact) mass is 485 g/mol. The van der Waals surface area contributed by atoms with Crippen molar-refractivity contribution in [2.75, 3.05) is 0 Å². The molecule has 2 aromatic carbocycles. The van der Waals surface area contributed by atoms with Gasteiger partial charge in [0.2, 0.25) is 0 Å². The van der Waals surface area contributed by atoms with Crippen molar-refractivity contribution in [1.82, 2.24) is 14.9 Å². The van der Waals surface area contributed by atoms with Crippen LogP contribution in [-0.2, 0) is 0 Å². The van der Waals surface area contributed by atoms with Gasteiger partial charge < -0.3 is 9.47 Å². The molecule has 8 heteroatoms. The van der Waals surface area contributed by atoms with Gasteiger partial charge in [-0.1, -0.05) is 23.5 Å². The van der Waals surface area contributed by atoms with Gasteiger partial charge in [-0.2, -0.15) is 0 Å². The Hall–Kier alpha value is -4.04. The number of fused-ring (bicyclic) bond motifs is 1. The largest absolute Gasteiger partial charge is 0.491 e. The fraction of sp³-hybridized carbons (Fsp3) is 0.185. The highest BCUT2D eigenvalue weighted by Crippen LogP contribution is 2.36. The molecule has 0 saturated carbocycles. The van der Waals surface area contributed by atoms with Crippen LogP contribution in [0.4, 0.5) is 0 Å². The van der Waals surface area contributed by atoms with Crippen LogP contribution in [-0.4, -0.2) is 32.8 Å². The molecule has 1 aliphatic heterocycles. The number of pyridine rings is 1. The minimum atomic E-state index is -0.468. The quantitative estimate of drug-likeness (QED) is 0.292. The Morgan fingerprint density at radius 2 is 1.51 bits per heavy atom. The van der Waals surface area contributed by atoms with E-state index in [9.17, 15) is 9.59 Å². The number of nitrogens with zero attached hydrogens (tertiary/aromatic N) is 3. The van der Waals surface area contributed by atoms with Gasteiger partial charge in [-0.15, -0.1) is 0 Å². The third-order valence-electron chi connectivity index (χ3n) is 5.62. The third kappa shape index (κ3) is 4.52. The molecule has 2 aromatic heterocycles. The maximum atomic E-state index is 12.9. The summed E-state index contributed by atoms with van der Waals surface area (Å²) < 4.78 is 11.6. The van der Waals surface area contributed by atoms with Gasteiger partial charge in [-0.05, 0) is 68.8 Å². The molecular weight excluding hydrogens is 462 g/mol. The van der Waals surface area contributed by atoms with E-state index in [0.717, 1.165) is 21.8 Å². The molecule has 0 fully saturated rings. The van der Waals surface area contributed by atoms with E-state index in [-0.39, 0.29) is 17.9 Å². The molecule has 0 N–H and O–H groups in total. The molecule has 5 rings (SSSR count). The maximum Gasteiger partial charge on any atom is 0.279 e. The molecule has 1 atom stereocenters. The molecule has 3 heterocycles. The molecule has 1 aliphatic rings. The van der Waals surface area contributed by atoms with Crippen molar-refractivity contribution in [2.45, 2.75) is 32.9 Å². The van der Waals surface area contributed by atoms with Crippen LogP contribution in [0.5, 0.6) is 16.7 Å². The van der Waals surface area contributed by atoms with Gasteiger partial charge in [0, 0.05) is 24.2 Å². The van der Waals surface area contributed by atoms with E-state index in [2.05, 4.69) is 9.97 Å². The van der Waals surface area contributed by atoms with E-state index in [0.29, 0.717) is 22.1 Å². The molecule has 35 heavy (non-hydrogen) atoms. The van der Waals surface area contributed by atoms with Crippen LogP contribution in [0.15, 0.2) is 73.2 Å². The van der Waals surface area contributed by atoms with Crippen molar-refractivity contribution in [3.8, 4) is 27.1 Å². The van der Waals surface area contributed by atoms with Gasteiger partial charge >= 0.3 is 0 Å². The molecule has 0 saturated heterocycles. The second-order valence-corrected chi connectivity index (χ2v) is 9.43. The second-order valence-electron chi connectivity index (χ2n) is 8.44. The molecule has 0 bridgehead atoms. The summed E-state index contributed by atoms with van der Waals surface area (Å²) in [6.45, 7) is 5.79. The molecule has 7 nitrogen and oxygen atoms in total. The van der Waals surface area contributed by atoms with E-state index < -0.39 is 6.04 Å². The summed E-state index contributed by atoms with van der Waals surface area (Å²) >= 11 is 1.39.